The Kier molecular flexibility index (Phi) is 4.24. The minimum absolute atomic E-state index is 0.0568. The monoisotopic (exact) mass is 333 g/mol. The molecule has 2 heterocycles. The lowest BCUT2D eigenvalue weighted by atomic mass is 10.2. The molecule has 1 fully saturated rings. The fourth-order valence-electron chi connectivity index (χ4n) is 2.83. The number of pyridine rings is 1. The highest BCUT2D eigenvalue weighted by Gasteiger charge is 2.34. The van der Waals surface area contributed by atoms with E-state index >= 15 is 0 Å². The van der Waals surface area contributed by atoms with E-state index in [-0.39, 0.29) is 5.91 Å². The van der Waals surface area contributed by atoms with Crippen molar-refractivity contribution in [1.82, 2.24) is 24.9 Å². The summed E-state index contributed by atoms with van der Waals surface area (Å²) in [4.78, 5) is 18.8. The van der Waals surface area contributed by atoms with E-state index in [2.05, 4.69) is 15.3 Å². The molecule has 0 radical (unpaired) electrons. The molecule has 2 aromatic heterocycles. The Morgan fingerprint density at radius 3 is 2.56 bits per heavy atom. The Morgan fingerprint density at radius 1 is 1.08 bits per heavy atom. The van der Waals surface area contributed by atoms with Crippen molar-refractivity contribution in [3.8, 4) is 0 Å². The number of amides is 1. The van der Waals surface area contributed by atoms with Crippen LogP contribution in [0.4, 0.5) is 0 Å². The Labute approximate surface area is 146 Å². The van der Waals surface area contributed by atoms with Gasteiger partial charge in [0.05, 0.1) is 12.7 Å². The van der Waals surface area contributed by atoms with Gasteiger partial charge in [0, 0.05) is 25.0 Å². The van der Waals surface area contributed by atoms with Crippen LogP contribution in [0, 0.1) is 0 Å². The smallest absolute Gasteiger partial charge is 0.276 e. The van der Waals surface area contributed by atoms with Gasteiger partial charge in [0.2, 0.25) is 0 Å². The zero-order chi connectivity index (χ0) is 17.1. The van der Waals surface area contributed by atoms with Crippen molar-refractivity contribution in [2.24, 2.45) is 0 Å². The maximum Gasteiger partial charge on any atom is 0.276 e. The second kappa shape index (κ2) is 6.84. The summed E-state index contributed by atoms with van der Waals surface area (Å²) in [6.07, 6.45) is 7.34. The molecule has 0 N–H and O–H groups in total. The number of hydrogen-bond donors (Lipinski definition) is 0. The van der Waals surface area contributed by atoms with Gasteiger partial charge in [-0.15, -0.1) is 5.10 Å². The van der Waals surface area contributed by atoms with Crippen molar-refractivity contribution in [2.45, 2.75) is 32.0 Å². The summed E-state index contributed by atoms with van der Waals surface area (Å²) >= 11 is 0. The van der Waals surface area contributed by atoms with Gasteiger partial charge in [0.1, 0.15) is 0 Å². The molecule has 0 aliphatic heterocycles. The fourth-order valence-corrected chi connectivity index (χ4v) is 2.83. The lowest BCUT2D eigenvalue weighted by Crippen LogP contribution is -2.32. The summed E-state index contributed by atoms with van der Waals surface area (Å²) in [6.45, 7) is 1.19. The van der Waals surface area contributed by atoms with E-state index in [9.17, 15) is 4.79 Å². The first-order valence-corrected chi connectivity index (χ1v) is 8.43. The third-order valence-electron chi connectivity index (χ3n) is 4.30. The van der Waals surface area contributed by atoms with Crippen molar-refractivity contribution in [2.75, 3.05) is 0 Å². The third-order valence-corrected chi connectivity index (χ3v) is 4.30. The molecule has 0 bridgehead atoms. The molecule has 126 valence electrons. The van der Waals surface area contributed by atoms with Crippen LogP contribution in [0.2, 0.25) is 0 Å². The van der Waals surface area contributed by atoms with Crippen molar-refractivity contribution in [3.05, 3.63) is 77.9 Å². The quantitative estimate of drug-likeness (QED) is 0.695. The highest BCUT2D eigenvalue weighted by Crippen LogP contribution is 2.29. The van der Waals surface area contributed by atoms with Crippen LogP contribution in [-0.2, 0) is 13.1 Å². The molecule has 1 saturated carbocycles. The lowest BCUT2D eigenvalue weighted by molar-refractivity contribution is 0.0723. The number of hydrogen-bond acceptors (Lipinski definition) is 4. The Balaban J connectivity index is 1.49. The maximum atomic E-state index is 12.9. The number of carbonyl (C=O) groups excluding carboxylic acids is 1. The molecule has 1 aliphatic rings. The molecule has 1 aliphatic carbocycles. The molecule has 1 amide bonds. The predicted octanol–water partition coefficient (Wildman–Crippen LogP) is 2.53. The number of carbonyl (C=O) groups is 1. The third kappa shape index (κ3) is 3.74. The Bertz CT molecular complexity index is 843. The molecule has 6 heteroatoms. The summed E-state index contributed by atoms with van der Waals surface area (Å²) in [5, 5.41) is 8.21. The zero-order valence-electron chi connectivity index (χ0n) is 13.8. The second-order valence-electron chi connectivity index (χ2n) is 6.31. The van der Waals surface area contributed by atoms with Crippen LogP contribution in [0.15, 0.2) is 61.1 Å². The summed E-state index contributed by atoms with van der Waals surface area (Å²) in [7, 11) is 0. The summed E-state index contributed by atoms with van der Waals surface area (Å²) in [5.41, 5.74) is 2.60. The van der Waals surface area contributed by atoms with Crippen molar-refractivity contribution in [1.29, 1.82) is 0 Å². The van der Waals surface area contributed by atoms with Gasteiger partial charge in [0.15, 0.2) is 5.69 Å². The zero-order valence-corrected chi connectivity index (χ0v) is 13.8. The predicted molar refractivity (Wildman–Crippen MR) is 92.7 cm³/mol. The van der Waals surface area contributed by atoms with E-state index in [1.165, 1.54) is 0 Å². The maximum absolute atomic E-state index is 12.9. The molecule has 0 unspecified atom stereocenters. The van der Waals surface area contributed by atoms with Crippen molar-refractivity contribution in [3.63, 3.8) is 0 Å². The van der Waals surface area contributed by atoms with Gasteiger partial charge in [-0.1, -0.05) is 35.5 Å². The van der Waals surface area contributed by atoms with Crippen LogP contribution >= 0.6 is 0 Å². The van der Waals surface area contributed by atoms with Crippen LogP contribution in [0.3, 0.4) is 0 Å². The molecule has 1 aromatic carbocycles. The van der Waals surface area contributed by atoms with Crippen LogP contribution in [-0.4, -0.2) is 36.8 Å². The highest BCUT2D eigenvalue weighted by molar-refractivity contribution is 5.92. The van der Waals surface area contributed by atoms with Crippen LogP contribution in [0.1, 0.15) is 34.5 Å². The molecule has 4 rings (SSSR count). The normalized spacial score (nSPS) is 13.6. The average Bonchev–Trinajstić information content (AvgIpc) is 3.39. The van der Waals surface area contributed by atoms with E-state index in [4.69, 9.17) is 0 Å². The minimum atomic E-state index is -0.0568. The number of rotatable bonds is 6. The molecule has 0 saturated heterocycles. The van der Waals surface area contributed by atoms with Gasteiger partial charge in [-0.3, -0.25) is 9.78 Å². The Hall–Kier alpha value is -3.02. The standard InChI is InChI=1S/C19H19N5O/c25-19(24(17-6-7-17)13-16-8-10-20-11-9-16)18-14-23(22-21-18)12-15-4-2-1-3-5-15/h1-5,8-11,14,17H,6-7,12-13H2. The second-order valence-corrected chi connectivity index (χ2v) is 6.31. The fraction of sp³-hybridized carbons (Fsp3) is 0.263. The number of aromatic nitrogens is 4. The van der Waals surface area contributed by atoms with Crippen LogP contribution in [0.25, 0.3) is 0 Å². The molecular formula is C19H19N5O. The summed E-state index contributed by atoms with van der Waals surface area (Å²) in [6, 6.07) is 14.2. The first-order chi connectivity index (χ1) is 12.3. The van der Waals surface area contributed by atoms with Gasteiger partial charge in [-0.05, 0) is 36.1 Å². The summed E-state index contributed by atoms with van der Waals surface area (Å²) < 4.78 is 1.71. The van der Waals surface area contributed by atoms with E-state index in [1.807, 2.05) is 47.4 Å². The lowest BCUT2D eigenvalue weighted by Gasteiger charge is -2.21. The molecule has 6 nitrogen and oxygen atoms in total. The number of nitrogens with zero attached hydrogens (tertiary/aromatic N) is 5. The van der Waals surface area contributed by atoms with Gasteiger partial charge in [0.25, 0.3) is 5.91 Å². The van der Waals surface area contributed by atoms with Crippen molar-refractivity contribution < 1.29 is 4.79 Å². The molecule has 0 spiro atoms. The largest absolute Gasteiger partial charge is 0.330 e. The minimum Gasteiger partial charge on any atom is -0.330 e. The molecular weight excluding hydrogens is 314 g/mol. The van der Waals surface area contributed by atoms with Gasteiger partial charge < -0.3 is 4.90 Å². The first kappa shape index (κ1) is 15.5. The van der Waals surface area contributed by atoms with Gasteiger partial charge in [-0.2, -0.15) is 0 Å². The number of benzene rings is 1. The van der Waals surface area contributed by atoms with E-state index < -0.39 is 0 Å². The van der Waals surface area contributed by atoms with Gasteiger partial charge >= 0.3 is 0 Å². The van der Waals surface area contributed by atoms with E-state index in [1.54, 1.807) is 23.3 Å². The SMILES string of the molecule is O=C(c1cn(Cc2ccccc2)nn1)N(Cc1ccncc1)C1CC1. The average molecular weight is 333 g/mol. The molecule has 25 heavy (non-hydrogen) atoms. The summed E-state index contributed by atoms with van der Waals surface area (Å²) in [5.74, 6) is -0.0568. The first-order valence-electron chi connectivity index (χ1n) is 8.43. The van der Waals surface area contributed by atoms with Crippen LogP contribution in [0.5, 0.6) is 0 Å². The molecule has 3 aromatic rings. The topological polar surface area (TPSA) is 63.9 Å². The van der Waals surface area contributed by atoms with E-state index in [0.29, 0.717) is 24.8 Å². The van der Waals surface area contributed by atoms with Crippen molar-refractivity contribution >= 4 is 5.91 Å². The van der Waals surface area contributed by atoms with E-state index in [0.717, 1.165) is 24.0 Å². The highest BCUT2D eigenvalue weighted by atomic mass is 16.2. The Morgan fingerprint density at radius 2 is 1.84 bits per heavy atom. The molecule has 0 atom stereocenters. The van der Waals surface area contributed by atoms with Crippen LogP contribution < -0.4 is 0 Å². The van der Waals surface area contributed by atoms with Gasteiger partial charge in [-0.25, -0.2) is 4.68 Å².